The third-order valence-corrected chi connectivity index (χ3v) is 4.03. The zero-order valence-corrected chi connectivity index (χ0v) is 12.2. The van der Waals surface area contributed by atoms with E-state index in [4.69, 9.17) is 4.74 Å². The second-order valence-electron chi connectivity index (χ2n) is 5.48. The summed E-state index contributed by atoms with van der Waals surface area (Å²) in [5.41, 5.74) is 0.322. The van der Waals surface area contributed by atoms with Gasteiger partial charge in [-0.05, 0) is 49.9 Å². The van der Waals surface area contributed by atoms with E-state index in [2.05, 4.69) is 12.2 Å². The van der Waals surface area contributed by atoms with Gasteiger partial charge in [0.15, 0.2) is 5.54 Å². The van der Waals surface area contributed by atoms with Crippen molar-refractivity contribution in [1.29, 1.82) is 0 Å². The number of hydrogen-bond acceptors (Lipinski definition) is 3. The Morgan fingerprint density at radius 3 is 2.50 bits per heavy atom. The van der Waals surface area contributed by atoms with Crippen LogP contribution in [0.1, 0.15) is 31.7 Å². The fourth-order valence-electron chi connectivity index (χ4n) is 2.55. The minimum Gasteiger partial charge on any atom is -0.491 e. The molecule has 110 valence electrons. The van der Waals surface area contributed by atoms with Crippen LogP contribution in [0.25, 0.3) is 0 Å². The number of aliphatic carboxylic acids is 1. The standard InChI is InChI=1S/C16H23NO3/c1-3-4-12-5-9-14(10-6-12)20-11-16(17-2,15(18)19)13-7-8-13/h5-6,9-10,13,17H,3-4,7-8,11H2,1-2H3,(H,18,19). The van der Waals surface area contributed by atoms with Crippen LogP contribution >= 0.6 is 0 Å². The first kappa shape index (κ1) is 14.9. The van der Waals surface area contributed by atoms with Crippen LogP contribution in [0.3, 0.4) is 0 Å². The van der Waals surface area contributed by atoms with Crippen molar-refractivity contribution >= 4 is 5.97 Å². The monoisotopic (exact) mass is 277 g/mol. The molecular weight excluding hydrogens is 254 g/mol. The molecule has 1 unspecified atom stereocenters. The summed E-state index contributed by atoms with van der Waals surface area (Å²) in [6.07, 6.45) is 4.07. The van der Waals surface area contributed by atoms with Crippen LogP contribution in [0.2, 0.25) is 0 Å². The van der Waals surface area contributed by atoms with E-state index < -0.39 is 11.5 Å². The van der Waals surface area contributed by atoms with Crippen LogP contribution in [-0.4, -0.2) is 30.3 Å². The maximum absolute atomic E-state index is 11.6. The van der Waals surface area contributed by atoms with Gasteiger partial charge in [-0.1, -0.05) is 25.5 Å². The molecule has 1 saturated carbocycles. The van der Waals surface area contributed by atoms with Crippen molar-refractivity contribution in [3.8, 4) is 5.75 Å². The normalized spacial score (nSPS) is 17.5. The minimum absolute atomic E-state index is 0.163. The molecule has 0 radical (unpaired) electrons. The molecule has 0 saturated heterocycles. The molecule has 1 atom stereocenters. The Morgan fingerprint density at radius 2 is 2.05 bits per heavy atom. The first-order valence-corrected chi connectivity index (χ1v) is 7.26. The molecule has 4 nitrogen and oxygen atoms in total. The largest absolute Gasteiger partial charge is 0.491 e. The average Bonchev–Trinajstić information content (AvgIpc) is 3.27. The van der Waals surface area contributed by atoms with Gasteiger partial charge in [0.05, 0.1) is 0 Å². The summed E-state index contributed by atoms with van der Waals surface area (Å²) in [4.78, 5) is 11.6. The highest BCUT2D eigenvalue weighted by atomic mass is 16.5. The SMILES string of the molecule is CCCc1ccc(OCC(NC)(C(=O)O)C2CC2)cc1. The topological polar surface area (TPSA) is 58.6 Å². The Morgan fingerprint density at radius 1 is 1.40 bits per heavy atom. The van der Waals surface area contributed by atoms with Crippen LogP contribution in [0.5, 0.6) is 5.75 Å². The molecular formula is C16H23NO3. The van der Waals surface area contributed by atoms with E-state index in [0.717, 1.165) is 31.4 Å². The predicted molar refractivity (Wildman–Crippen MR) is 78.1 cm³/mol. The summed E-state index contributed by atoms with van der Waals surface area (Å²) < 4.78 is 5.71. The Labute approximate surface area is 120 Å². The van der Waals surface area contributed by atoms with Gasteiger partial charge in [-0.2, -0.15) is 0 Å². The van der Waals surface area contributed by atoms with Crippen molar-refractivity contribution < 1.29 is 14.6 Å². The van der Waals surface area contributed by atoms with E-state index in [1.54, 1.807) is 7.05 Å². The summed E-state index contributed by atoms with van der Waals surface area (Å²) in [5.74, 6) is 0.0702. The summed E-state index contributed by atoms with van der Waals surface area (Å²) in [5, 5.41) is 12.4. The van der Waals surface area contributed by atoms with E-state index in [0.29, 0.717) is 0 Å². The fraction of sp³-hybridized carbons (Fsp3) is 0.562. The van der Waals surface area contributed by atoms with Gasteiger partial charge in [-0.3, -0.25) is 4.79 Å². The lowest BCUT2D eigenvalue weighted by Gasteiger charge is -2.28. The number of ether oxygens (including phenoxy) is 1. The fourth-order valence-corrected chi connectivity index (χ4v) is 2.55. The van der Waals surface area contributed by atoms with E-state index >= 15 is 0 Å². The molecule has 1 aliphatic carbocycles. The lowest BCUT2D eigenvalue weighted by molar-refractivity contribution is -0.147. The highest BCUT2D eigenvalue weighted by Crippen LogP contribution is 2.40. The van der Waals surface area contributed by atoms with Gasteiger partial charge in [0, 0.05) is 0 Å². The second-order valence-corrected chi connectivity index (χ2v) is 5.48. The smallest absolute Gasteiger partial charge is 0.327 e. The molecule has 1 fully saturated rings. The van der Waals surface area contributed by atoms with Gasteiger partial charge in [0.1, 0.15) is 12.4 Å². The van der Waals surface area contributed by atoms with Gasteiger partial charge in [0.2, 0.25) is 0 Å². The number of hydrogen-bond donors (Lipinski definition) is 2. The molecule has 1 aliphatic rings. The van der Waals surface area contributed by atoms with Crippen LogP contribution in [0, 0.1) is 5.92 Å². The molecule has 0 aromatic heterocycles. The Bertz CT molecular complexity index is 453. The third kappa shape index (κ3) is 3.12. The maximum atomic E-state index is 11.6. The predicted octanol–water partition coefficient (Wildman–Crippen LogP) is 2.47. The molecule has 4 heteroatoms. The van der Waals surface area contributed by atoms with E-state index in [1.165, 1.54) is 5.56 Å². The van der Waals surface area contributed by atoms with E-state index in [9.17, 15) is 9.90 Å². The van der Waals surface area contributed by atoms with Gasteiger partial charge in [-0.15, -0.1) is 0 Å². The van der Waals surface area contributed by atoms with Gasteiger partial charge < -0.3 is 15.2 Å². The third-order valence-electron chi connectivity index (χ3n) is 4.03. The van der Waals surface area contributed by atoms with Crippen LogP contribution in [-0.2, 0) is 11.2 Å². The highest BCUT2D eigenvalue weighted by molar-refractivity contribution is 5.80. The number of carboxylic acids is 1. The summed E-state index contributed by atoms with van der Waals surface area (Å²) in [6.45, 7) is 2.31. The number of benzene rings is 1. The number of carbonyl (C=O) groups is 1. The molecule has 0 bridgehead atoms. The Hall–Kier alpha value is -1.55. The van der Waals surface area contributed by atoms with Crippen molar-refractivity contribution in [3.05, 3.63) is 29.8 Å². The number of nitrogens with one attached hydrogen (secondary N) is 1. The molecule has 1 aromatic rings. The molecule has 0 amide bonds. The van der Waals surface area contributed by atoms with Crippen molar-refractivity contribution in [3.63, 3.8) is 0 Å². The zero-order chi connectivity index (χ0) is 14.6. The van der Waals surface area contributed by atoms with Crippen molar-refractivity contribution in [1.82, 2.24) is 5.32 Å². The molecule has 20 heavy (non-hydrogen) atoms. The lowest BCUT2D eigenvalue weighted by atomic mass is 9.94. The zero-order valence-electron chi connectivity index (χ0n) is 12.2. The summed E-state index contributed by atoms with van der Waals surface area (Å²) in [7, 11) is 1.69. The molecule has 2 rings (SSSR count). The molecule has 0 aliphatic heterocycles. The quantitative estimate of drug-likeness (QED) is 0.766. The van der Waals surface area contributed by atoms with Crippen molar-refractivity contribution in [2.75, 3.05) is 13.7 Å². The molecule has 0 spiro atoms. The van der Waals surface area contributed by atoms with Crippen LogP contribution < -0.4 is 10.1 Å². The van der Waals surface area contributed by atoms with Gasteiger partial charge >= 0.3 is 5.97 Å². The lowest BCUT2D eigenvalue weighted by Crippen LogP contribution is -2.56. The van der Waals surface area contributed by atoms with Gasteiger partial charge in [-0.25, -0.2) is 0 Å². The first-order chi connectivity index (χ1) is 9.62. The van der Waals surface area contributed by atoms with Crippen LogP contribution in [0.15, 0.2) is 24.3 Å². The minimum atomic E-state index is -0.956. The molecule has 2 N–H and O–H groups in total. The number of carboxylic acid groups (broad SMARTS) is 1. The first-order valence-electron chi connectivity index (χ1n) is 7.26. The summed E-state index contributed by atoms with van der Waals surface area (Å²) >= 11 is 0. The number of aryl methyl sites for hydroxylation is 1. The second kappa shape index (κ2) is 6.27. The Kier molecular flexibility index (Phi) is 4.65. The van der Waals surface area contributed by atoms with Crippen molar-refractivity contribution in [2.24, 2.45) is 5.92 Å². The van der Waals surface area contributed by atoms with E-state index in [1.807, 2.05) is 24.3 Å². The summed E-state index contributed by atoms with van der Waals surface area (Å²) in [6, 6.07) is 7.91. The average molecular weight is 277 g/mol. The Balaban J connectivity index is 2.00. The molecule has 0 heterocycles. The molecule has 1 aromatic carbocycles. The maximum Gasteiger partial charge on any atom is 0.327 e. The van der Waals surface area contributed by atoms with E-state index in [-0.39, 0.29) is 12.5 Å². The number of rotatable bonds is 8. The number of likely N-dealkylation sites (N-methyl/N-ethyl adjacent to an activating group) is 1. The van der Waals surface area contributed by atoms with Crippen LogP contribution in [0.4, 0.5) is 0 Å². The highest BCUT2D eigenvalue weighted by Gasteiger charge is 2.51. The van der Waals surface area contributed by atoms with Gasteiger partial charge in [0.25, 0.3) is 0 Å². The van der Waals surface area contributed by atoms with Crippen molar-refractivity contribution in [2.45, 2.75) is 38.1 Å².